The van der Waals surface area contributed by atoms with Crippen molar-refractivity contribution in [1.29, 1.82) is 0 Å². The molecule has 1 aromatic heterocycles. The number of hydrogen-bond acceptors (Lipinski definition) is 6. The number of hydrogen-bond donors (Lipinski definition) is 3. The van der Waals surface area contributed by atoms with Crippen molar-refractivity contribution >= 4 is 18.1 Å². The van der Waals surface area contributed by atoms with Gasteiger partial charge in [0, 0.05) is 23.2 Å². The molecule has 1 heterocycles. The fraction of sp³-hybridized carbons (Fsp3) is 0.250. The van der Waals surface area contributed by atoms with Gasteiger partial charge in [0.05, 0.1) is 12.2 Å². The maximum atomic E-state index is 11.8. The number of ether oxygens (including phenoxy) is 1. The van der Waals surface area contributed by atoms with Gasteiger partial charge in [-0.1, -0.05) is 12.1 Å². The molecule has 3 N–H and O–H groups in total. The highest BCUT2D eigenvalue weighted by Gasteiger charge is 2.08. The Hall–Kier alpha value is -3.36. The van der Waals surface area contributed by atoms with Crippen LogP contribution in [0.1, 0.15) is 23.2 Å². The topological polar surface area (TPSA) is 139 Å². The molecule has 0 saturated carbocycles. The van der Waals surface area contributed by atoms with Crippen molar-refractivity contribution in [3.63, 3.8) is 0 Å². The second-order valence-corrected chi connectivity index (χ2v) is 5.17. The average Bonchev–Trinajstić information content (AvgIpc) is 2.90. The first kappa shape index (κ1) is 18.0. The van der Waals surface area contributed by atoms with Crippen LogP contribution in [0.2, 0.25) is 0 Å². The fourth-order valence-electron chi connectivity index (χ4n) is 2.10. The molecule has 1 amide bonds. The van der Waals surface area contributed by atoms with Crippen molar-refractivity contribution in [2.75, 3.05) is 6.61 Å². The van der Waals surface area contributed by atoms with E-state index in [1.807, 2.05) is 0 Å². The molecule has 2 aromatic rings. The van der Waals surface area contributed by atoms with E-state index in [1.54, 1.807) is 31.2 Å². The summed E-state index contributed by atoms with van der Waals surface area (Å²) in [6.07, 6.45) is 1.73. The predicted molar refractivity (Wildman–Crippen MR) is 87.2 cm³/mol. The van der Waals surface area contributed by atoms with Gasteiger partial charge in [-0.2, -0.15) is 5.10 Å². The number of para-hydroxylation sites is 1. The lowest BCUT2D eigenvalue weighted by molar-refractivity contribution is -0.307. The average molecular weight is 345 g/mol. The van der Waals surface area contributed by atoms with Gasteiger partial charge in [0.1, 0.15) is 12.4 Å². The van der Waals surface area contributed by atoms with Crippen molar-refractivity contribution < 1.29 is 19.4 Å². The number of aryl methyl sites for hydroxylation is 1. The third-order valence-corrected chi connectivity index (χ3v) is 3.35. The number of aliphatic carboxylic acids is 1. The first-order valence-electron chi connectivity index (χ1n) is 7.47. The molecular formula is C16H17N4O5-. The first-order chi connectivity index (χ1) is 12.0. The number of hydrazone groups is 1. The van der Waals surface area contributed by atoms with Gasteiger partial charge >= 0.3 is 0 Å². The molecule has 2 rings (SSSR count). The molecule has 0 aliphatic heterocycles. The van der Waals surface area contributed by atoms with Gasteiger partial charge in [-0.3, -0.25) is 14.7 Å². The molecular weight excluding hydrogens is 328 g/mol. The zero-order chi connectivity index (χ0) is 18.2. The maximum Gasteiger partial charge on any atom is 0.267 e. The zero-order valence-electron chi connectivity index (χ0n) is 13.5. The molecule has 0 bridgehead atoms. The molecule has 0 atom stereocenters. The van der Waals surface area contributed by atoms with Crippen LogP contribution in [-0.4, -0.2) is 34.9 Å². The van der Waals surface area contributed by atoms with E-state index in [0.29, 0.717) is 22.6 Å². The van der Waals surface area contributed by atoms with E-state index in [-0.39, 0.29) is 24.3 Å². The summed E-state index contributed by atoms with van der Waals surface area (Å²) in [5.41, 5.74) is 3.83. The van der Waals surface area contributed by atoms with Gasteiger partial charge in [-0.15, -0.1) is 0 Å². The quantitative estimate of drug-likeness (QED) is 0.425. The lowest BCUT2D eigenvalue weighted by atomic mass is 10.1. The largest absolute Gasteiger partial charge is 0.546 e. The second-order valence-electron chi connectivity index (χ2n) is 5.17. The van der Waals surface area contributed by atoms with Gasteiger partial charge in [0.25, 0.3) is 5.56 Å². The van der Waals surface area contributed by atoms with Crippen LogP contribution in [-0.2, 0) is 16.0 Å². The summed E-state index contributed by atoms with van der Waals surface area (Å²) >= 11 is 0. The predicted octanol–water partition coefficient (Wildman–Crippen LogP) is -0.777. The minimum Gasteiger partial charge on any atom is -0.546 e. The van der Waals surface area contributed by atoms with Gasteiger partial charge in [0.15, 0.2) is 0 Å². The molecule has 0 unspecified atom stereocenters. The summed E-state index contributed by atoms with van der Waals surface area (Å²) in [7, 11) is 0. The summed E-state index contributed by atoms with van der Waals surface area (Å²) in [6, 6.07) is 6.63. The van der Waals surface area contributed by atoms with Crippen molar-refractivity contribution in [2.24, 2.45) is 5.10 Å². The lowest BCUT2D eigenvalue weighted by Crippen LogP contribution is -2.29. The van der Waals surface area contributed by atoms with Crippen LogP contribution >= 0.6 is 0 Å². The van der Waals surface area contributed by atoms with Crippen LogP contribution in [0.25, 0.3) is 0 Å². The van der Waals surface area contributed by atoms with E-state index in [2.05, 4.69) is 20.7 Å². The molecule has 1 aromatic carbocycles. The molecule has 132 valence electrons. The number of rotatable bonds is 8. The molecule has 0 spiro atoms. The number of carbonyl (C=O) groups excluding carboxylic acids is 2. The molecule has 0 saturated heterocycles. The van der Waals surface area contributed by atoms with Crippen molar-refractivity contribution in [1.82, 2.24) is 15.6 Å². The number of carboxylic acids is 1. The SMILES string of the molecule is Cc1[nH][nH]c(=O)c1CCC(=O)NN=Cc1ccccc1OCC(=O)[O-]. The third-order valence-electron chi connectivity index (χ3n) is 3.35. The molecule has 0 aliphatic carbocycles. The number of nitrogens with one attached hydrogen (secondary N) is 3. The Bertz CT molecular complexity index is 837. The van der Waals surface area contributed by atoms with Crippen molar-refractivity contribution in [3.8, 4) is 5.75 Å². The Morgan fingerprint density at radius 2 is 2.08 bits per heavy atom. The number of H-pyrrole nitrogens is 2. The Morgan fingerprint density at radius 1 is 1.32 bits per heavy atom. The van der Waals surface area contributed by atoms with E-state index in [9.17, 15) is 19.5 Å². The molecule has 9 heteroatoms. The highest BCUT2D eigenvalue weighted by Crippen LogP contribution is 2.15. The van der Waals surface area contributed by atoms with Gasteiger partial charge < -0.3 is 19.7 Å². The number of aromatic nitrogens is 2. The summed E-state index contributed by atoms with van der Waals surface area (Å²) in [4.78, 5) is 33.7. The summed E-state index contributed by atoms with van der Waals surface area (Å²) in [6.45, 7) is 1.16. The lowest BCUT2D eigenvalue weighted by Gasteiger charge is -2.08. The highest BCUT2D eigenvalue weighted by molar-refractivity contribution is 5.85. The highest BCUT2D eigenvalue weighted by atomic mass is 16.5. The van der Waals surface area contributed by atoms with Crippen molar-refractivity contribution in [3.05, 3.63) is 51.4 Å². The molecule has 0 radical (unpaired) electrons. The van der Waals surface area contributed by atoms with Crippen LogP contribution in [0.5, 0.6) is 5.75 Å². The maximum absolute atomic E-state index is 11.8. The van der Waals surface area contributed by atoms with Crippen LogP contribution in [0.15, 0.2) is 34.2 Å². The molecule has 0 fully saturated rings. The van der Waals surface area contributed by atoms with Crippen LogP contribution in [0, 0.1) is 6.92 Å². The van der Waals surface area contributed by atoms with E-state index in [1.165, 1.54) is 6.21 Å². The standard InChI is InChI=1S/C16H18N4O5/c1-10-12(16(24)20-18-10)6-7-14(21)19-17-8-11-4-2-3-5-13(11)25-9-15(22)23/h2-5,8H,6-7,9H2,1H3,(H,19,21)(H,22,23)(H2,18,20,24)/p-1. The van der Waals surface area contributed by atoms with E-state index >= 15 is 0 Å². The minimum absolute atomic E-state index is 0.0992. The molecule has 9 nitrogen and oxygen atoms in total. The summed E-state index contributed by atoms with van der Waals surface area (Å²) in [5.74, 6) is -1.39. The summed E-state index contributed by atoms with van der Waals surface area (Å²) in [5, 5.41) is 19.4. The smallest absolute Gasteiger partial charge is 0.267 e. The number of amides is 1. The normalized spacial score (nSPS) is 10.8. The molecule has 25 heavy (non-hydrogen) atoms. The monoisotopic (exact) mass is 345 g/mol. The van der Waals surface area contributed by atoms with Gasteiger partial charge in [-0.25, -0.2) is 5.43 Å². The van der Waals surface area contributed by atoms with E-state index < -0.39 is 12.6 Å². The van der Waals surface area contributed by atoms with Crippen LogP contribution < -0.4 is 20.8 Å². The second kappa shape index (κ2) is 8.48. The van der Waals surface area contributed by atoms with Crippen LogP contribution in [0.3, 0.4) is 0 Å². The Labute approximate surface area is 142 Å². The minimum atomic E-state index is -1.34. The molecule has 0 aliphatic rings. The number of benzene rings is 1. The Balaban J connectivity index is 1.89. The van der Waals surface area contributed by atoms with Gasteiger partial charge in [0.2, 0.25) is 5.91 Å². The summed E-state index contributed by atoms with van der Waals surface area (Å²) < 4.78 is 5.07. The van der Waals surface area contributed by atoms with E-state index in [4.69, 9.17) is 4.74 Å². The van der Waals surface area contributed by atoms with Gasteiger partial charge in [-0.05, 0) is 25.5 Å². The Morgan fingerprint density at radius 3 is 2.76 bits per heavy atom. The third kappa shape index (κ3) is 5.34. The van der Waals surface area contributed by atoms with E-state index in [0.717, 1.165) is 0 Å². The Kier molecular flexibility index (Phi) is 6.10. The fourth-order valence-corrected chi connectivity index (χ4v) is 2.10. The number of nitrogens with zero attached hydrogens (tertiary/aromatic N) is 1. The zero-order valence-corrected chi connectivity index (χ0v) is 13.5. The van der Waals surface area contributed by atoms with Crippen LogP contribution in [0.4, 0.5) is 0 Å². The van der Waals surface area contributed by atoms with Crippen molar-refractivity contribution in [2.45, 2.75) is 19.8 Å². The first-order valence-corrected chi connectivity index (χ1v) is 7.47. The number of aromatic amines is 2. The number of carbonyl (C=O) groups is 2. The number of carboxylic acid groups (broad SMARTS) is 1.